The van der Waals surface area contributed by atoms with E-state index in [1.165, 1.54) is 6.07 Å². The van der Waals surface area contributed by atoms with Crippen molar-refractivity contribution in [3.05, 3.63) is 27.9 Å². The van der Waals surface area contributed by atoms with Crippen LogP contribution < -0.4 is 10.6 Å². The fraction of sp³-hybridized carbons (Fsp3) is 0.538. The van der Waals surface area contributed by atoms with Crippen molar-refractivity contribution in [1.29, 1.82) is 0 Å². The molecule has 0 aliphatic carbocycles. The highest BCUT2D eigenvalue weighted by Crippen LogP contribution is 2.34. The number of pyridine rings is 1. The second-order valence-corrected chi connectivity index (χ2v) is 5.29. The van der Waals surface area contributed by atoms with Crippen molar-refractivity contribution in [1.82, 2.24) is 10.3 Å². The van der Waals surface area contributed by atoms with E-state index in [4.69, 9.17) is 4.74 Å². The fourth-order valence-corrected chi connectivity index (χ4v) is 2.96. The van der Waals surface area contributed by atoms with E-state index < -0.39 is 4.92 Å². The molecule has 3 unspecified atom stereocenters. The second kappa shape index (κ2) is 5.28. The number of nitrogens with zero attached hydrogens (tertiary/aromatic N) is 2. The van der Waals surface area contributed by atoms with Gasteiger partial charge in [-0.3, -0.25) is 14.9 Å². The van der Waals surface area contributed by atoms with E-state index in [9.17, 15) is 14.9 Å². The van der Waals surface area contributed by atoms with Crippen LogP contribution >= 0.6 is 0 Å². The Bertz CT molecular complexity index is 592. The molecular formula is C13H16N4O4. The number of nitrogens with one attached hydrogen (secondary N) is 2. The van der Waals surface area contributed by atoms with Gasteiger partial charge in [-0.05, 0) is 19.3 Å². The lowest BCUT2D eigenvalue weighted by Gasteiger charge is -2.20. The maximum Gasteiger partial charge on any atom is 0.288 e. The van der Waals surface area contributed by atoms with Gasteiger partial charge in [0, 0.05) is 13.1 Å². The van der Waals surface area contributed by atoms with E-state index in [0.29, 0.717) is 5.82 Å². The van der Waals surface area contributed by atoms with Gasteiger partial charge in [0.1, 0.15) is 12.0 Å². The lowest BCUT2D eigenvalue weighted by Crippen LogP contribution is -2.41. The van der Waals surface area contributed by atoms with Crippen LogP contribution in [0.2, 0.25) is 0 Å². The number of hydrogen-bond acceptors (Lipinski definition) is 6. The van der Waals surface area contributed by atoms with E-state index in [-0.39, 0.29) is 35.4 Å². The summed E-state index contributed by atoms with van der Waals surface area (Å²) < 4.78 is 5.69. The number of hydrogen-bond donors (Lipinski definition) is 2. The van der Waals surface area contributed by atoms with Crippen LogP contribution in [0.4, 0.5) is 11.5 Å². The maximum atomic E-state index is 12.4. The third kappa shape index (κ3) is 2.54. The van der Waals surface area contributed by atoms with Crippen LogP contribution in [0.1, 0.15) is 29.6 Å². The van der Waals surface area contributed by atoms with Crippen LogP contribution in [0.15, 0.2) is 12.3 Å². The average Bonchev–Trinajstić information content (AvgIpc) is 3.08. The summed E-state index contributed by atoms with van der Waals surface area (Å²) in [5.74, 6) is -0.0427. The Hall–Kier alpha value is -2.22. The van der Waals surface area contributed by atoms with Gasteiger partial charge in [-0.1, -0.05) is 0 Å². The van der Waals surface area contributed by atoms with Crippen molar-refractivity contribution < 1.29 is 14.5 Å². The molecule has 0 radical (unpaired) electrons. The number of carbonyl (C=O) groups excluding carboxylic acids is 1. The molecule has 1 amide bonds. The van der Waals surface area contributed by atoms with Gasteiger partial charge < -0.3 is 15.4 Å². The Kier molecular flexibility index (Phi) is 3.46. The molecule has 2 aliphatic rings. The van der Waals surface area contributed by atoms with Crippen LogP contribution in [0.25, 0.3) is 0 Å². The van der Waals surface area contributed by atoms with E-state index in [2.05, 4.69) is 15.6 Å². The molecule has 0 saturated carbocycles. The fourth-order valence-electron chi connectivity index (χ4n) is 2.96. The zero-order chi connectivity index (χ0) is 15.0. The summed E-state index contributed by atoms with van der Waals surface area (Å²) in [6.07, 6.45) is 4.20. The molecule has 21 heavy (non-hydrogen) atoms. The minimum absolute atomic E-state index is 0.0276. The predicted molar refractivity (Wildman–Crippen MR) is 74.2 cm³/mol. The normalized spacial score (nSPS) is 26.6. The minimum atomic E-state index is -0.566. The first-order chi connectivity index (χ1) is 10.1. The Balaban J connectivity index is 1.79. The van der Waals surface area contributed by atoms with Gasteiger partial charge in [0.25, 0.3) is 11.6 Å². The Morgan fingerprint density at radius 1 is 1.52 bits per heavy atom. The average molecular weight is 292 g/mol. The van der Waals surface area contributed by atoms with Crippen molar-refractivity contribution in [3.8, 4) is 0 Å². The largest absolute Gasteiger partial charge is 0.373 e. The number of aromatic nitrogens is 1. The number of carbonyl (C=O) groups is 1. The number of rotatable bonds is 4. The summed E-state index contributed by atoms with van der Waals surface area (Å²) in [5.41, 5.74) is -0.0298. The summed E-state index contributed by atoms with van der Waals surface area (Å²) in [7, 11) is 1.62. The van der Waals surface area contributed by atoms with Gasteiger partial charge in [0.15, 0.2) is 0 Å². The number of fused-ring (bicyclic) bond motifs is 2. The quantitative estimate of drug-likeness (QED) is 0.635. The van der Waals surface area contributed by atoms with Gasteiger partial charge in [-0.25, -0.2) is 4.98 Å². The summed E-state index contributed by atoms with van der Waals surface area (Å²) in [6.45, 7) is 0. The first-order valence-electron chi connectivity index (χ1n) is 6.87. The van der Waals surface area contributed by atoms with Gasteiger partial charge >= 0.3 is 0 Å². The van der Waals surface area contributed by atoms with Crippen molar-refractivity contribution >= 4 is 17.4 Å². The summed E-state index contributed by atoms with van der Waals surface area (Å²) in [4.78, 5) is 26.5. The predicted octanol–water partition coefficient (Wildman–Crippen LogP) is 1.08. The summed E-state index contributed by atoms with van der Waals surface area (Å²) >= 11 is 0. The molecule has 8 nitrogen and oxygen atoms in total. The molecule has 2 fully saturated rings. The van der Waals surface area contributed by atoms with Gasteiger partial charge in [0.05, 0.1) is 28.7 Å². The van der Waals surface area contributed by atoms with Crippen LogP contribution in [-0.4, -0.2) is 41.1 Å². The molecule has 2 N–H and O–H groups in total. The lowest BCUT2D eigenvalue weighted by molar-refractivity contribution is -0.385. The summed E-state index contributed by atoms with van der Waals surface area (Å²) in [5, 5.41) is 16.5. The first-order valence-corrected chi connectivity index (χ1v) is 6.87. The monoisotopic (exact) mass is 292 g/mol. The molecule has 3 heterocycles. The summed E-state index contributed by atoms with van der Waals surface area (Å²) in [6, 6.07) is 1.21. The molecule has 1 aromatic rings. The minimum Gasteiger partial charge on any atom is -0.373 e. The van der Waals surface area contributed by atoms with Crippen molar-refractivity contribution in [2.75, 3.05) is 12.4 Å². The number of ether oxygens (including phenoxy) is 1. The molecule has 0 aromatic carbocycles. The van der Waals surface area contributed by atoms with Crippen molar-refractivity contribution in [2.45, 2.75) is 37.5 Å². The molecule has 3 rings (SSSR count). The number of amides is 1. The molecular weight excluding hydrogens is 276 g/mol. The number of anilines is 1. The van der Waals surface area contributed by atoms with Gasteiger partial charge in [-0.15, -0.1) is 0 Å². The molecule has 3 atom stereocenters. The molecule has 112 valence electrons. The molecule has 8 heteroatoms. The van der Waals surface area contributed by atoms with Crippen LogP contribution in [-0.2, 0) is 4.74 Å². The molecule has 2 saturated heterocycles. The number of nitro groups is 1. The Morgan fingerprint density at radius 2 is 2.33 bits per heavy atom. The highest BCUT2D eigenvalue weighted by Gasteiger charge is 2.41. The van der Waals surface area contributed by atoms with Crippen molar-refractivity contribution in [3.63, 3.8) is 0 Å². The molecule has 2 bridgehead atoms. The zero-order valence-corrected chi connectivity index (χ0v) is 11.5. The highest BCUT2D eigenvalue weighted by molar-refractivity contribution is 5.99. The third-order valence-corrected chi connectivity index (χ3v) is 3.99. The lowest BCUT2D eigenvalue weighted by atomic mass is 9.95. The highest BCUT2D eigenvalue weighted by atomic mass is 16.6. The van der Waals surface area contributed by atoms with Gasteiger partial charge in [-0.2, -0.15) is 0 Å². The van der Waals surface area contributed by atoms with Crippen LogP contribution in [0.5, 0.6) is 0 Å². The molecule has 0 spiro atoms. The van der Waals surface area contributed by atoms with Gasteiger partial charge in [0.2, 0.25) is 0 Å². The van der Waals surface area contributed by atoms with E-state index in [0.717, 1.165) is 25.5 Å². The zero-order valence-electron chi connectivity index (χ0n) is 11.5. The van der Waals surface area contributed by atoms with E-state index in [1.54, 1.807) is 7.05 Å². The van der Waals surface area contributed by atoms with Crippen LogP contribution in [0, 0.1) is 10.1 Å². The second-order valence-electron chi connectivity index (χ2n) is 5.29. The topological polar surface area (TPSA) is 106 Å². The standard InChI is InChI=1S/C13H16N4O4/c1-14-12-9(4-7(6-15-12)17(19)20)13(18)16-10-5-8-2-3-11(10)21-8/h4,6,8,10-11H,2-3,5H2,1H3,(H,14,15)(H,16,18). The van der Waals surface area contributed by atoms with Crippen molar-refractivity contribution in [2.24, 2.45) is 0 Å². The SMILES string of the molecule is CNc1ncc([N+](=O)[O-])cc1C(=O)NC1CC2CCC1O2. The maximum absolute atomic E-state index is 12.4. The molecule has 2 aliphatic heterocycles. The van der Waals surface area contributed by atoms with E-state index >= 15 is 0 Å². The third-order valence-electron chi connectivity index (χ3n) is 3.99. The van der Waals surface area contributed by atoms with E-state index in [1.807, 2.05) is 0 Å². The Labute approximate surface area is 121 Å². The first kappa shape index (κ1) is 13.7. The van der Waals surface area contributed by atoms with Crippen LogP contribution in [0.3, 0.4) is 0 Å². The smallest absolute Gasteiger partial charge is 0.288 e. The molecule has 1 aromatic heterocycles. The Morgan fingerprint density at radius 3 is 2.90 bits per heavy atom.